The fourth-order valence-corrected chi connectivity index (χ4v) is 3.11. The summed E-state index contributed by atoms with van der Waals surface area (Å²) in [5.41, 5.74) is 2.03. The van der Waals surface area contributed by atoms with Crippen molar-refractivity contribution in [1.82, 2.24) is 4.31 Å². The van der Waals surface area contributed by atoms with Gasteiger partial charge in [-0.1, -0.05) is 29.8 Å². The number of sulfonamides is 1. The Bertz CT molecular complexity index is 693. The Labute approximate surface area is 119 Å². The lowest BCUT2D eigenvalue weighted by molar-refractivity contribution is 0.464. The zero-order valence-corrected chi connectivity index (χ0v) is 12.3. The van der Waals surface area contributed by atoms with E-state index < -0.39 is 10.0 Å². The van der Waals surface area contributed by atoms with Gasteiger partial charge in [0, 0.05) is 13.6 Å². The monoisotopic (exact) mass is 291 g/mol. The van der Waals surface area contributed by atoms with E-state index in [0.717, 1.165) is 11.1 Å². The Morgan fingerprint density at radius 1 is 1.10 bits per heavy atom. The highest BCUT2D eigenvalue weighted by Gasteiger charge is 2.20. The zero-order valence-electron chi connectivity index (χ0n) is 11.4. The van der Waals surface area contributed by atoms with Gasteiger partial charge in [-0.05, 0) is 36.8 Å². The molecule has 0 spiro atoms. The van der Waals surface area contributed by atoms with E-state index in [0.29, 0.717) is 6.54 Å². The number of aryl methyl sites for hydroxylation is 1. The molecule has 0 fully saturated rings. The average Bonchev–Trinajstić information content (AvgIpc) is 2.39. The molecule has 0 aromatic heterocycles. The van der Waals surface area contributed by atoms with Gasteiger partial charge in [-0.3, -0.25) is 0 Å². The van der Waals surface area contributed by atoms with Gasteiger partial charge in [-0.25, -0.2) is 8.42 Å². The molecule has 2 rings (SSSR count). The largest absolute Gasteiger partial charge is 0.508 e. The highest BCUT2D eigenvalue weighted by atomic mass is 32.2. The van der Waals surface area contributed by atoms with Crippen LogP contribution in [-0.2, 0) is 16.6 Å². The summed E-state index contributed by atoms with van der Waals surface area (Å²) in [6.07, 6.45) is 0. The van der Waals surface area contributed by atoms with Crippen LogP contribution < -0.4 is 0 Å². The van der Waals surface area contributed by atoms with E-state index >= 15 is 0 Å². The number of hydrogen-bond acceptors (Lipinski definition) is 3. The van der Waals surface area contributed by atoms with Crippen molar-refractivity contribution in [2.45, 2.75) is 18.4 Å². The van der Waals surface area contributed by atoms with E-state index in [2.05, 4.69) is 0 Å². The van der Waals surface area contributed by atoms with Crippen LogP contribution in [0.1, 0.15) is 11.1 Å². The molecule has 0 aliphatic heterocycles. The van der Waals surface area contributed by atoms with Gasteiger partial charge in [0.15, 0.2) is 0 Å². The summed E-state index contributed by atoms with van der Waals surface area (Å²) in [4.78, 5) is 0.172. The van der Waals surface area contributed by atoms with Crippen molar-refractivity contribution < 1.29 is 13.5 Å². The second-order valence-corrected chi connectivity index (χ2v) is 6.79. The van der Waals surface area contributed by atoms with E-state index in [1.807, 2.05) is 31.2 Å². The molecule has 0 aliphatic carbocycles. The Balaban J connectivity index is 2.23. The first-order chi connectivity index (χ1) is 9.39. The van der Waals surface area contributed by atoms with E-state index in [-0.39, 0.29) is 10.6 Å². The first-order valence-electron chi connectivity index (χ1n) is 6.20. The number of hydrogen-bond donors (Lipinski definition) is 1. The molecular weight excluding hydrogens is 274 g/mol. The van der Waals surface area contributed by atoms with Crippen LogP contribution >= 0.6 is 0 Å². The van der Waals surface area contributed by atoms with Gasteiger partial charge >= 0.3 is 0 Å². The molecule has 0 radical (unpaired) electrons. The Morgan fingerprint density at radius 3 is 2.35 bits per heavy atom. The lowest BCUT2D eigenvalue weighted by Gasteiger charge is -2.17. The minimum atomic E-state index is -3.54. The van der Waals surface area contributed by atoms with Gasteiger partial charge in [0.05, 0.1) is 4.90 Å². The highest BCUT2D eigenvalue weighted by molar-refractivity contribution is 7.89. The van der Waals surface area contributed by atoms with Gasteiger partial charge in [0.1, 0.15) is 5.75 Å². The summed E-state index contributed by atoms with van der Waals surface area (Å²) >= 11 is 0. The standard InChI is InChI=1S/C15H17NO3S/c1-12-4-3-5-13(10-12)11-16(2)20(18,19)15-8-6-14(17)7-9-15/h3-10,17H,11H2,1-2H3. The normalized spacial score (nSPS) is 11.8. The molecule has 0 saturated carbocycles. The van der Waals surface area contributed by atoms with Crippen LogP contribution in [0.3, 0.4) is 0 Å². The van der Waals surface area contributed by atoms with Crippen LogP contribution in [0.2, 0.25) is 0 Å². The maximum atomic E-state index is 12.4. The van der Waals surface area contributed by atoms with Crippen molar-refractivity contribution in [2.75, 3.05) is 7.05 Å². The quantitative estimate of drug-likeness (QED) is 0.941. The Hall–Kier alpha value is -1.85. The Kier molecular flexibility index (Phi) is 4.11. The predicted molar refractivity (Wildman–Crippen MR) is 77.9 cm³/mol. The number of benzene rings is 2. The second kappa shape index (κ2) is 5.64. The lowest BCUT2D eigenvalue weighted by Crippen LogP contribution is -2.26. The number of aromatic hydroxyl groups is 1. The summed E-state index contributed by atoms with van der Waals surface area (Å²) in [5.74, 6) is 0.0466. The van der Waals surface area contributed by atoms with Crippen molar-refractivity contribution in [3.63, 3.8) is 0 Å². The molecule has 0 heterocycles. The SMILES string of the molecule is Cc1cccc(CN(C)S(=O)(=O)c2ccc(O)cc2)c1. The minimum Gasteiger partial charge on any atom is -0.508 e. The number of phenols is 1. The predicted octanol–water partition coefficient (Wildman–Crippen LogP) is 2.52. The summed E-state index contributed by atoms with van der Waals surface area (Å²) in [6.45, 7) is 2.28. The van der Waals surface area contributed by atoms with Crippen molar-refractivity contribution >= 4 is 10.0 Å². The van der Waals surface area contributed by atoms with E-state index in [1.54, 1.807) is 7.05 Å². The molecule has 0 amide bonds. The lowest BCUT2D eigenvalue weighted by atomic mass is 10.1. The summed E-state index contributed by atoms with van der Waals surface area (Å²) in [5, 5.41) is 9.22. The fraction of sp³-hybridized carbons (Fsp3) is 0.200. The van der Waals surface area contributed by atoms with Gasteiger partial charge in [0.2, 0.25) is 10.0 Å². The molecule has 20 heavy (non-hydrogen) atoms. The molecule has 106 valence electrons. The molecule has 4 nitrogen and oxygen atoms in total. The summed E-state index contributed by atoms with van der Waals surface area (Å²) < 4.78 is 26.1. The van der Waals surface area contributed by atoms with E-state index in [4.69, 9.17) is 0 Å². The maximum absolute atomic E-state index is 12.4. The van der Waals surface area contributed by atoms with Crippen molar-refractivity contribution in [3.8, 4) is 5.75 Å². The topological polar surface area (TPSA) is 57.6 Å². The zero-order chi connectivity index (χ0) is 14.8. The van der Waals surface area contributed by atoms with Crippen molar-refractivity contribution in [2.24, 2.45) is 0 Å². The third-order valence-electron chi connectivity index (χ3n) is 3.03. The molecular formula is C15H17NO3S. The van der Waals surface area contributed by atoms with Crippen LogP contribution in [0.4, 0.5) is 0 Å². The van der Waals surface area contributed by atoms with Crippen LogP contribution in [0.15, 0.2) is 53.4 Å². The first-order valence-corrected chi connectivity index (χ1v) is 7.64. The van der Waals surface area contributed by atoms with Gasteiger partial charge in [-0.15, -0.1) is 0 Å². The molecule has 2 aromatic carbocycles. The van der Waals surface area contributed by atoms with Gasteiger partial charge in [0.25, 0.3) is 0 Å². The van der Waals surface area contributed by atoms with Crippen molar-refractivity contribution in [1.29, 1.82) is 0 Å². The number of rotatable bonds is 4. The molecule has 2 aromatic rings. The molecule has 0 unspecified atom stereocenters. The highest BCUT2D eigenvalue weighted by Crippen LogP contribution is 2.19. The molecule has 0 aliphatic rings. The molecule has 0 bridgehead atoms. The van der Waals surface area contributed by atoms with E-state index in [9.17, 15) is 13.5 Å². The third kappa shape index (κ3) is 3.18. The number of phenolic OH excluding ortho intramolecular Hbond substituents is 1. The fourth-order valence-electron chi connectivity index (χ4n) is 1.95. The molecule has 0 atom stereocenters. The minimum absolute atomic E-state index is 0.0466. The summed E-state index contributed by atoms with van der Waals surface area (Å²) in [7, 11) is -2.00. The van der Waals surface area contributed by atoms with Crippen molar-refractivity contribution in [3.05, 3.63) is 59.7 Å². The average molecular weight is 291 g/mol. The van der Waals surface area contributed by atoms with Crippen LogP contribution in [0.5, 0.6) is 5.75 Å². The Morgan fingerprint density at radius 2 is 1.75 bits per heavy atom. The maximum Gasteiger partial charge on any atom is 0.243 e. The van der Waals surface area contributed by atoms with Gasteiger partial charge < -0.3 is 5.11 Å². The molecule has 1 N–H and O–H groups in total. The smallest absolute Gasteiger partial charge is 0.243 e. The first kappa shape index (κ1) is 14.6. The third-order valence-corrected chi connectivity index (χ3v) is 4.85. The molecule has 5 heteroatoms. The van der Waals surface area contributed by atoms with Crippen LogP contribution in [0, 0.1) is 6.92 Å². The van der Waals surface area contributed by atoms with Crippen LogP contribution in [-0.4, -0.2) is 24.9 Å². The summed E-state index contributed by atoms with van der Waals surface area (Å²) in [6, 6.07) is 13.3. The van der Waals surface area contributed by atoms with Gasteiger partial charge in [-0.2, -0.15) is 4.31 Å². The van der Waals surface area contributed by atoms with Crippen LogP contribution in [0.25, 0.3) is 0 Å². The van der Waals surface area contributed by atoms with E-state index in [1.165, 1.54) is 28.6 Å². The molecule has 0 saturated heterocycles. The number of nitrogens with zero attached hydrogens (tertiary/aromatic N) is 1. The second-order valence-electron chi connectivity index (χ2n) is 4.74.